The maximum atomic E-state index is 13.7. The highest BCUT2D eigenvalue weighted by molar-refractivity contribution is 5.98. The van der Waals surface area contributed by atoms with E-state index in [4.69, 9.17) is 17.4 Å². The summed E-state index contributed by atoms with van der Waals surface area (Å²) in [6.07, 6.45) is 12.3. The molecule has 0 bridgehead atoms. The van der Waals surface area contributed by atoms with Crippen LogP contribution in [0.15, 0.2) is 29.0 Å². The molecule has 3 heterocycles. The van der Waals surface area contributed by atoms with E-state index >= 15 is 0 Å². The number of imidazole rings is 1. The molecule has 0 saturated heterocycles. The van der Waals surface area contributed by atoms with Gasteiger partial charge in [-0.05, 0) is 18.2 Å². The largest absolute Gasteiger partial charge is 0.336 e. The molecule has 0 spiro atoms. The molecule has 0 atom stereocenters. The number of hydrogen-bond acceptors (Lipinski definition) is 6. The summed E-state index contributed by atoms with van der Waals surface area (Å²) >= 11 is 0. The monoisotopic (exact) mass is 440 g/mol. The normalized spacial score (nSPS) is 12.4. The Morgan fingerprint density at radius 2 is 2.03 bits per heavy atom. The van der Waals surface area contributed by atoms with Crippen molar-refractivity contribution in [1.29, 1.82) is 0 Å². The van der Waals surface area contributed by atoms with Crippen LogP contribution in [0.4, 0.5) is 4.39 Å². The molecule has 31 heavy (non-hydrogen) atoms. The number of nitrogens with zero attached hydrogens (tertiary/aromatic N) is 6. The van der Waals surface area contributed by atoms with E-state index in [0.717, 1.165) is 0 Å². The third kappa shape index (κ3) is 4.15. The standard InChI is InChI=1S/C21H17FN6O2.ClH/c1-4-8-27(9-5-2)12-18-24-20(30-25-18)19-17-11-26(3)21(29)15-10-14(22)6-7-16(15)28(17)13-23-19;/h1-2,6-7,10,13H,8-9,11-12H2,3H3;1H. The Morgan fingerprint density at radius 1 is 1.29 bits per heavy atom. The maximum Gasteiger partial charge on any atom is 0.278 e. The Hall–Kier alpha value is -3.66. The maximum absolute atomic E-state index is 13.7. The highest BCUT2D eigenvalue weighted by Gasteiger charge is 2.29. The third-order valence-electron chi connectivity index (χ3n) is 4.71. The Morgan fingerprint density at radius 3 is 2.74 bits per heavy atom. The summed E-state index contributed by atoms with van der Waals surface area (Å²) in [5.41, 5.74) is 1.92. The van der Waals surface area contributed by atoms with E-state index in [9.17, 15) is 9.18 Å². The van der Waals surface area contributed by atoms with Crippen molar-refractivity contribution >= 4 is 18.3 Å². The lowest BCUT2D eigenvalue weighted by atomic mass is 10.1. The van der Waals surface area contributed by atoms with Gasteiger partial charge in [-0.15, -0.1) is 25.3 Å². The highest BCUT2D eigenvalue weighted by atomic mass is 35.5. The minimum Gasteiger partial charge on any atom is -0.336 e. The average molecular weight is 441 g/mol. The molecule has 2 aromatic heterocycles. The van der Waals surface area contributed by atoms with E-state index in [-0.39, 0.29) is 36.3 Å². The number of carbonyl (C=O) groups is 1. The minimum atomic E-state index is -0.482. The average Bonchev–Trinajstić information content (AvgIpc) is 3.32. The van der Waals surface area contributed by atoms with Crippen LogP contribution in [-0.4, -0.2) is 55.5 Å². The first-order valence-corrected chi connectivity index (χ1v) is 9.05. The summed E-state index contributed by atoms with van der Waals surface area (Å²) in [5, 5.41) is 3.99. The molecule has 158 valence electrons. The second-order valence-electron chi connectivity index (χ2n) is 6.80. The number of fused-ring (bicyclic) bond motifs is 3. The number of hydrogen-bond donors (Lipinski definition) is 0. The van der Waals surface area contributed by atoms with Crippen molar-refractivity contribution in [3.05, 3.63) is 47.4 Å². The van der Waals surface area contributed by atoms with Crippen LogP contribution >= 0.6 is 12.4 Å². The van der Waals surface area contributed by atoms with Crippen molar-refractivity contribution < 1.29 is 13.7 Å². The fourth-order valence-corrected chi connectivity index (χ4v) is 3.34. The van der Waals surface area contributed by atoms with Gasteiger partial charge in [0.05, 0.1) is 43.1 Å². The van der Waals surface area contributed by atoms with Gasteiger partial charge < -0.3 is 9.42 Å². The number of carbonyl (C=O) groups excluding carboxylic acids is 1. The summed E-state index contributed by atoms with van der Waals surface area (Å²) in [6.45, 7) is 1.28. The van der Waals surface area contributed by atoms with Crippen LogP contribution < -0.4 is 0 Å². The van der Waals surface area contributed by atoms with Crippen molar-refractivity contribution in [2.45, 2.75) is 13.1 Å². The van der Waals surface area contributed by atoms with Gasteiger partial charge in [0.25, 0.3) is 11.8 Å². The van der Waals surface area contributed by atoms with Gasteiger partial charge in [-0.2, -0.15) is 4.98 Å². The molecule has 1 aliphatic heterocycles. The molecule has 0 radical (unpaired) electrons. The lowest BCUT2D eigenvalue weighted by Crippen LogP contribution is -2.25. The van der Waals surface area contributed by atoms with Crippen LogP contribution in [0.1, 0.15) is 21.9 Å². The summed E-state index contributed by atoms with van der Waals surface area (Å²) in [4.78, 5) is 24.8. The summed E-state index contributed by atoms with van der Waals surface area (Å²) in [5.74, 6) is 4.94. The number of aromatic nitrogens is 4. The van der Waals surface area contributed by atoms with Crippen molar-refractivity contribution in [2.75, 3.05) is 20.1 Å². The third-order valence-corrected chi connectivity index (χ3v) is 4.71. The number of rotatable bonds is 5. The Bertz CT molecular complexity index is 1190. The van der Waals surface area contributed by atoms with E-state index in [1.165, 1.54) is 17.0 Å². The van der Waals surface area contributed by atoms with Crippen LogP contribution in [0, 0.1) is 30.5 Å². The van der Waals surface area contributed by atoms with Gasteiger partial charge in [-0.1, -0.05) is 17.0 Å². The zero-order chi connectivity index (χ0) is 21.3. The molecule has 1 aliphatic rings. The predicted molar refractivity (Wildman–Crippen MR) is 113 cm³/mol. The van der Waals surface area contributed by atoms with Gasteiger partial charge in [-0.3, -0.25) is 14.3 Å². The zero-order valence-electron chi connectivity index (χ0n) is 16.6. The molecule has 0 fully saturated rings. The topological polar surface area (TPSA) is 80.3 Å². The first-order chi connectivity index (χ1) is 14.5. The molecule has 8 nitrogen and oxygen atoms in total. The van der Waals surface area contributed by atoms with E-state index in [2.05, 4.69) is 27.0 Å². The Balaban J connectivity index is 0.00000272. The number of benzene rings is 1. The highest BCUT2D eigenvalue weighted by Crippen LogP contribution is 2.30. The van der Waals surface area contributed by atoms with Gasteiger partial charge in [0.2, 0.25) is 0 Å². The molecule has 0 N–H and O–H groups in total. The van der Waals surface area contributed by atoms with E-state index < -0.39 is 5.82 Å². The minimum absolute atomic E-state index is 0. The van der Waals surface area contributed by atoms with E-state index in [0.29, 0.717) is 42.5 Å². The molecule has 4 rings (SSSR count). The molecule has 1 amide bonds. The fourth-order valence-electron chi connectivity index (χ4n) is 3.34. The molecule has 0 unspecified atom stereocenters. The van der Waals surface area contributed by atoms with Gasteiger partial charge >= 0.3 is 0 Å². The van der Waals surface area contributed by atoms with Crippen LogP contribution in [0.2, 0.25) is 0 Å². The second kappa shape index (κ2) is 9.00. The van der Waals surface area contributed by atoms with Crippen LogP contribution in [0.25, 0.3) is 17.3 Å². The van der Waals surface area contributed by atoms with Crippen molar-refractivity contribution in [3.63, 3.8) is 0 Å². The first-order valence-electron chi connectivity index (χ1n) is 9.05. The molecule has 10 heteroatoms. The number of amides is 1. The van der Waals surface area contributed by atoms with Crippen molar-refractivity contribution in [2.24, 2.45) is 0 Å². The quantitative estimate of drug-likeness (QED) is 0.565. The van der Waals surface area contributed by atoms with Crippen LogP contribution in [0.5, 0.6) is 0 Å². The van der Waals surface area contributed by atoms with Crippen LogP contribution in [0.3, 0.4) is 0 Å². The molecular weight excluding hydrogens is 423 g/mol. The predicted octanol–water partition coefficient (Wildman–Crippen LogP) is 2.14. The molecular formula is C21H18ClFN6O2. The second-order valence-corrected chi connectivity index (χ2v) is 6.80. The van der Waals surface area contributed by atoms with Crippen molar-refractivity contribution in [1.82, 2.24) is 29.5 Å². The van der Waals surface area contributed by atoms with Gasteiger partial charge in [0.15, 0.2) is 11.5 Å². The van der Waals surface area contributed by atoms with E-state index in [1.807, 2.05) is 4.90 Å². The lowest BCUT2D eigenvalue weighted by Gasteiger charge is -2.14. The smallest absolute Gasteiger partial charge is 0.278 e. The SMILES string of the molecule is C#CCN(CC#C)Cc1noc(-c2ncn3c2CN(C)C(=O)c2cc(F)ccc2-3)n1.Cl. The Labute approximate surface area is 184 Å². The van der Waals surface area contributed by atoms with Crippen molar-refractivity contribution in [3.8, 4) is 42.0 Å². The van der Waals surface area contributed by atoms with Gasteiger partial charge in [0, 0.05) is 7.05 Å². The lowest BCUT2D eigenvalue weighted by molar-refractivity contribution is 0.0787. The summed E-state index contributed by atoms with van der Waals surface area (Å²) < 4.78 is 20.9. The Kier molecular flexibility index (Phi) is 6.40. The van der Waals surface area contributed by atoms with Gasteiger partial charge in [-0.25, -0.2) is 9.37 Å². The first kappa shape index (κ1) is 22.0. The molecule has 0 saturated carbocycles. The number of halogens is 2. The number of terminal acetylenes is 2. The molecule has 0 aliphatic carbocycles. The zero-order valence-corrected chi connectivity index (χ0v) is 17.4. The van der Waals surface area contributed by atoms with Crippen LogP contribution in [-0.2, 0) is 13.1 Å². The van der Waals surface area contributed by atoms with E-state index in [1.54, 1.807) is 24.0 Å². The summed E-state index contributed by atoms with van der Waals surface area (Å²) in [6, 6.07) is 4.07. The van der Waals surface area contributed by atoms with Gasteiger partial charge in [0.1, 0.15) is 12.1 Å². The molecule has 1 aromatic carbocycles. The molecule has 3 aromatic rings. The summed E-state index contributed by atoms with van der Waals surface area (Å²) in [7, 11) is 1.64. The fraction of sp³-hybridized carbons (Fsp3) is 0.238.